The second-order valence-corrected chi connectivity index (χ2v) is 6.51. The Hall–Kier alpha value is -2.27. The smallest absolute Gasteiger partial charge is 0.150 e. The third-order valence-corrected chi connectivity index (χ3v) is 4.58. The van der Waals surface area contributed by atoms with Gasteiger partial charge in [0.05, 0.1) is 18.5 Å². The number of anilines is 1. The van der Waals surface area contributed by atoms with E-state index in [1.54, 1.807) is 7.11 Å². The number of hydrogen-bond donors (Lipinski definition) is 1. The third-order valence-electron chi connectivity index (χ3n) is 4.08. The van der Waals surface area contributed by atoms with Gasteiger partial charge in [0.15, 0.2) is 6.17 Å². The van der Waals surface area contributed by atoms with Crippen LogP contribution in [0.3, 0.4) is 0 Å². The largest absolute Gasteiger partial charge is 0.496 e. The van der Waals surface area contributed by atoms with Crippen molar-refractivity contribution in [3.8, 4) is 17.0 Å². The average Bonchev–Trinajstić information content (AvgIpc) is 2.95. The number of ether oxygens (including phenoxy) is 1. The van der Waals surface area contributed by atoms with Crippen LogP contribution in [0.25, 0.3) is 11.3 Å². The van der Waals surface area contributed by atoms with Gasteiger partial charge in [0.1, 0.15) is 5.75 Å². The van der Waals surface area contributed by atoms with Crippen LogP contribution < -0.4 is 10.1 Å². The van der Waals surface area contributed by atoms with E-state index >= 15 is 0 Å². The van der Waals surface area contributed by atoms with Crippen LogP contribution in [0, 0.1) is 6.92 Å². The number of aryl methyl sites for hydroxylation is 1. The van der Waals surface area contributed by atoms with Gasteiger partial charge in [-0.05, 0) is 37.3 Å². The first kappa shape index (κ1) is 14.3. The molecule has 0 amide bonds. The lowest BCUT2D eigenvalue weighted by molar-refractivity contribution is 0.401. The van der Waals surface area contributed by atoms with Gasteiger partial charge in [-0.25, -0.2) is 4.68 Å². The molecule has 4 rings (SSSR count). The number of hydrogen-bond acceptors (Lipinski definition) is 3. The molecule has 1 N–H and O–H groups in total. The first-order valence-corrected chi connectivity index (χ1v) is 8.22. The molecule has 0 spiro atoms. The highest BCUT2D eigenvalue weighted by Gasteiger charge is 2.28. The van der Waals surface area contributed by atoms with Crippen molar-refractivity contribution in [2.75, 3.05) is 12.4 Å². The van der Waals surface area contributed by atoms with E-state index in [1.165, 1.54) is 5.56 Å². The molecule has 0 saturated carbocycles. The van der Waals surface area contributed by atoms with Crippen molar-refractivity contribution < 1.29 is 4.74 Å². The molecule has 0 radical (unpaired) electrons. The van der Waals surface area contributed by atoms with E-state index in [2.05, 4.69) is 45.5 Å². The van der Waals surface area contributed by atoms with E-state index in [1.807, 2.05) is 35.9 Å². The molecule has 23 heavy (non-hydrogen) atoms. The zero-order valence-electron chi connectivity index (χ0n) is 12.9. The van der Waals surface area contributed by atoms with Gasteiger partial charge in [-0.2, -0.15) is 5.10 Å². The van der Waals surface area contributed by atoms with Crippen molar-refractivity contribution in [1.82, 2.24) is 9.78 Å². The first-order valence-electron chi connectivity index (χ1n) is 7.43. The van der Waals surface area contributed by atoms with Gasteiger partial charge in [0.25, 0.3) is 0 Å². The molecule has 116 valence electrons. The summed E-state index contributed by atoms with van der Waals surface area (Å²) in [5.74, 6) is 0.837. The molecule has 1 aromatic heterocycles. The normalized spacial score (nSPS) is 15.5. The summed E-state index contributed by atoms with van der Waals surface area (Å²) in [6.07, 6.45) is -0.110. The van der Waals surface area contributed by atoms with Gasteiger partial charge in [0.2, 0.25) is 0 Å². The van der Waals surface area contributed by atoms with Gasteiger partial charge < -0.3 is 10.1 Å². The summed E-state index contributed by atoms with van der Waals surface area (Å²) >= 11 is 3.56. The van der Waals surface area contributed by atoms with Gasteiger partial charge in [-0.3, -0.25) is 0 Å². The number of halogens is 1. The number of para-hydroxylation sites is 1. The van der Waals surface area contributed by atoms with Crippen molar-refractivity contribution in [3.05, 3.63) is 64.3 Å². The minimum atomic E-state index is -0.110. The Morgan fingerprint density at radius 2 is 2.00 bits per heavy atom. The zero-order valence-corrected chi connectivity index (χ0v) is 14.5. The van der Waals surface area contributed by atoms with Crippen LogP contribution in [-0.4, -0.2) is 16.9 Å². The zero-order chi connectivity index (χ0) is 16.0. The number of nitrogens with zero attached hydrogens (tertiary/aromatic N) is 2. The molecular formula is C18H16BrN3O. The Morgan fingerprint density at radius 1 is 1.17 bits per heavy atom. The van der Waals surface area contributed by atoms with Crippen LogP contribution in [0.15, 0.2) is 53.0 Å². The van der Waals surface area contributed by atoms with Crippen LogP contribution in [0.2, 0.25) is 0 Å². The molecule has 0 aliphatic carbocycles. The second kappa shape index (κ2) is 5.42. The number of fused-ring (bicyclic) bond motifs is 3. The summed E-state index contributed by atoms with van der Waals surface area (Å²) in [6.45, 7) is 2.02. The number of benzene rings is 2. The molecular weight excluding hydrogens is 354 g/mol. The highest BCUT2D eigenvalue weighted by atomic mass is 79.9. The quantitative estimate of drug-likeness (QED) is 0.717. The van der Waals surface area contributed by atoms with Gasteiger partial charge in [0, 0.05) is 21.3 Å². The topological polar surface area (TPSA) is 39.1 Å². The molecule has 1 unspecified atom stereocenters. The fraction of sp³-hybridized carbons (Fsp3) is 0.167. The Balaban J connectivity index is 1.93. The molecule has 1 aliphatic heterocycles. The molecule has 1 aliphatic rings. The molecule has 5 heteroatoms. The van der Waals surface area contributed by atoms with Crippen LogP contribution in [0.5, 0.6) is 5.75 Å². The SMILES string of the molecule is COc1ccc(Br)cc1C1Nc2ccccc2-c2cc(C)nn21. The lowest BCUT2D eigenvalue weighted by Gasteiger charge is -2.30. The third kappa shape index (κ3) is 2.32. The molecule has 2 heterocycles. The van der Waals surface area contributed by atoms with Crippen LogP contribution in [-0.2, 0) is 0 Å². The van der Waals surface area contributed by atoms with Crippen LogP contribution in [0.4, 0.5) is 5.69 Å². The minimum absolute atomic E-state index is 0.110. The van der Waals surface area contributed by atoms with Crippen LogP contribution >= 0.6 is 15.9 Å². The van der Waals surface area contributed by atoms with E-state index in [0.717, 1.165) is 32.9 Å². The molecule has 3 aromatic rings. The Bertz CT molecular complexity index is 888. The number of methoxy groups -OCH3 is 1. The second-order valence-electron chi connectivity index (χ2n) is 5.59. The van der Waals surface area contributed by atoms with E-state index < -0.39 is 0 Å². The van der Waals surface area contributed by atoms with Crippen molar-refractivity contribution >= 4 is 21.6 Å². The summed E-state index contributed by atoms with van der Waals surface area (Å²) in [5, 5.41) is 8.28. The molecule has 0 fully saturated rings. The van der Waals surface area contributed by atoms with E-state index in [9.17, 15) is 0 Å². The summed E-state index contributed by atoms with van der Waals surface area (Å²) in [5.41, 5.74) is 5.42. The van der Waals surface area contributed by atoms with Gasteiger partial charge in [-0.15, -0.1) is 0 Å². The van der Waals surface area contributed by atoms with Crippen LogP contribution in [0.1, 0.15) is 17.4 Å². The maximum atomic E-state index is 5.56. The molecule has 0 saturated heterocycles. The maximum Gasteiger partial charge on any atom is 0.150 e. The Morgan fingerprint density at radius 3 is 2.83 bits per heavy atom. The summed E-state index contributed by atoms with van der Waals surface area (Å²) < 4.78 is 8.60. The van der Waals surface area contributed by atoms with Crippen molar-refractivity contribution in [2.45, 2.75) is 13.1 Å². The Labute approximate surface area is 143 Å². The van der Waals surface area contributed by atoms with Crippen molar-refractivity contribution in [1.29, 1.82) is 0 Å². The molecule has 1 atom stereocenters. The van der Waals surface area contributed by atoms with E-state index in [-0.39, 0.29) is 6.17 Å². The van der Waals surface area contributed by atoms with Gasteiger partial charge >= 0.3 is 0 Å². The summed E-state index contributed by atoms with van der Waals surface area (Å²) in [4.78, 5) is 0. The van der Waals surface area contributed by atoms with E-state index in [0.29, 0.717) is 0 Å². The van der Waals surface area contributed by atoms with Gasteiger partial charge in [-0.1, -0.05) is 34.1 Å². The molecule has 4 nitrogen and oxygen atoms in total. The fourth-order valence-electron chi connectivity index (χ4n) is 3.08. The summed E-state index contributed by atoms with van der Waals surface area (Å²) in [6, 6.07) is 16.4. The highest BCUT2D eigenvalue weighted by Crippen LogP contribution is 2.41. The average molecular weight is 370 g/mol. The Kier molecular flexibility index (Phi) is 3.38. The molecule has 2 aromatic carbocycles. The fourth-order valence-corrected chi connectivity index (χ4v) is 3.46. The number of aromatic nitrogens is 2. The number of nitrogens with one attached hydrogen (secondary N) is 1. The molecule has 0 bridgehead atoms. The first-order chi connectivity index (χ1) is 11.2. The predicted molar refractivity (Wildman–Crippen MR) is 94.9 cm³/mol. The predicted octanol–water partition coefficient (Wildman–Crippen LogP) is 4.60. The monoisotopic (exact) mass is 369 g/mol. The standard InChI is InChI=1S/C18H16BrN3O/c1-11-9-16-13-5-3-4-6-15(13)20-18(22(16)21-11)14-10-12(19)7-8-17(14)23-2/h3-10,18,20H,1-2H3. The van der Waals surface area contributed by atoms with Crippen molar-refractivity contribution in [3.63, 3.8) is 0 Å². The maximum absolute atomic E-state index is 5.56. The van der Waals surface area contributed by atoms with Crippen molar-refractivity contribution in [2.24, 2.45) is 0 Å². The minimum Gasteiger partial charge on any atom is -0.496 e. The summed E-state index contributed by atoms with van der Waals surface area (Å²) in [7, 11) is 1.69. The van der Waals surface area contributed by atoms with E-state index in [4.69, 9.17) is 9.84 Å². The lowest BCUT2D eigenvalue weighted by atomic mass is 10.0. The number of rotatable bonds is 2. The lowest BCUT2D eigenvalue weighted by Crippen LogP contribution is -2.26. The highest BCUT2D eigenvalue weighted by molar-refractivity contribution is 9.10.